The molecule has 1 saturated heterocycles. The van der Waals surface area contributed by atoms with Gasteiger partial charge in [0.15, 0.2) is 12.5 Å². The first kappa shape index (κ1) is 56.6. The summed E-state index contributed by atoms with van der Waals surface area (Å²) in [5.41, 5.74) is -1.54. The topological polar surface area (TPSA) is 286 Å². The van der Waals surface area contributed by atoms with Gasteiger partial charge in [-0.05, 0) is 72.1 Å². The SMILES string of the molecule is CC(CCOP(=O)(CP(=O)(O)O)OCCNC(=O)C(F)(F)F)C(OC(=O)C(C)(C)C)OC(=O)C(C)(C)C.CN(C)C(=O)COC(=O)c1cc(CO)ccc1OP1(=O)OCCCO1. The highest BCUT2D eigenvalue weighted by molar-refractivity contribution is 7.70. The molecule has 0 bridgehead atoms. The molecule has 21 nitrogen and oxygen atoms in total. The Labute approximate surface area is 356 Å². The van der Waals surface area contributed by atoms with E-state index >= 15 is 0 Å². The van der Waals surface area contributed by atoms with Crippen molar-refractivity contribution < 1.29 is 103 Å². The molecule has 1 aromatic carbocycles. The number of phosphoric ester groups is 1. The van der Waals surface area contributed by atoms with E-state index in [2.05, 4.69) is 0 Å². The van der Waals surface area contributed by atoms with Crippen molar-refractivity contribution in [3.63, 3.8) is 0 Å². The normalized spacial score (nSPS) is 15.8. The van der Waals surface area contributed by atoms with E-state index in [1.807, 2.05) is 0 Å². The van der Waals surface area contributed by atoms with Gasteiger partial charge >= 0.3 is 53.0 Å². The number of ether oxygens (including phenoxy) is 3. The average molecular weight is 959 g/mol. The Morgan fingerprint density at radius 2 is 1.45 bits per heavy atom. The number of halogens is 3. The van der Waals surface area contributed by atoms with Crippen molar-refractivity contribution in [1.29, 1.82) is 0 Å². The number of carbonyl (C=O) groups is 5. The van der Waals surface area contributed by atoms with Gasteiger partial charge in [-0.15, -0.1) is 0 Å². The molecule has 2 atom stereocenters. The van der Waals surface area contributed by atoms with Gasteiger partial charge in [0.1, 0.15) is 11.3 Å². The molecule has 0 spiro atoms. The third kappa shape index (κ3) is 21.3. The number of alkyl halides is 3. The lowest BCUT2D eigenvalue weighted by molar-refractivity contribution is -0.208. The van der Waals surface area contributed by atoms with E-state index in [1.54, 1.807) is 41.5 Å². The number of esters is 3. The number of nitrogens with one attached hydrogen (secondary N) is 1. The van der Waals surface area contributed by atoms with E-state index in [1.165, 1.54) is 49.4 Å². The number of aliphatic hydroxyl groups is 1. The fraction of sp³-hybridized carbons (Fsp3) is 0.686. The first-order chi connectivity index (χ1) is 28.2. The summed E-state index contributed by atoms with van der Waals surface area (Å²) in [6.07, 6.45) is -6.05. The summed E-state index contributed by atoms with van der Waals surface area (Å²) in [7, 11) is -10.3. The Morgan fingerprint density at radius 3 is 1.92 bits per heavy atom. The van der Waals surface area contributed by atoms with Gasteiger partial charge in [0.2, 0.25) is 6.29 Å². The summed E-state index contributed by atoms with van der Waals surface area (Å²) in [5.74, 6) is -7.09. The Bertz CT molecular complexity index is 1810. The van der Waals surface area contributed by atoms with Gasteiger partial charge in [-0.3, -0.25) is 37.4 Å². The zero-order chi connectivity index (χ0) is 47.9. The second-order valence-electron chi connectivity index (χ2n) is 15.7. The van der Waals surface area contributed by atoms with Gasteiger partial charge in [0, 0.05) is 26.6 Å². The predicted molar refractivity (Wildman–Crippen MR) is 210 cm³/mol. The van der Waals surface area contributed by atoms with Crippen LogP contribution in [0.15, 0.2) is 18.2 Å². The van der Waals surface area contributed by atoms with Gasteiger partial charge in [-0.1, -0.05) is 13.0 Å². The second-order valence-corrected chi connectivity index (χ2v) is 21.5. The summed E-state index contributed by atoms with van der Waals surface area (Å²) < 4.78 is 114. The number of hydrogen-bond acceptors (Lipinski definition) is 17. The van der Waals surface area contributed by atoms with E-state index < -0.39 is 114 Å². The van der Waals surface area contributed by atoms with Gasteiger partial charge in [0.25, 0.3) is 5.91 Å². The lowest BCUT2D eigenvalue weighted by Crippen LogP contribution is -2.38. The molecular formula is C35H56F3N2O19P3. The maximum atomic E-state index is 12.8. The largest absolute Gasteiger partial charge is 0.530 e. The summed E-state index contributed by atoms with van der Waals surface area (Å²) in [6.45, 7) is 8.60. The maximum Gasteiger partial charge on any atom is 0.530 e. The lowest BCUT2D eigenvalue weighted by Gasteiger charge is -2.29. The molecule has 27 heteroatoms. The second kappa shape index (κ2) is 24.0. The van der Waals surface area contributed by atoms with Crippen molar-refractivity contribution in [2.75, 3.05) is 59.6 Å². The summed E-state index contributed by atoms with van der Waals surface area (Å²) >= 11 is 0. The van der Waals surface area contributed by atoms with E-state index in [-0.39, 0.29) is 37.6 Å². The van der Waals surface area contributed by atoms with E-state index in [9.17, 15) is 65.7 Å². The van der Waals surface area contributed by atoms with E-state index in [0.29, 0.717) is 12.0 Å². The van der Waals surface area contributed by atoms with Crippen LogP contribution < -0.4 is 9.84 Å². The zero-order valence-corrected chi connectivity index (χ0v) is 38.4. The Balaban J connectivity index is 0.000000664. The fourth-order valence-corrected chi connectivity index (χ4v) is 8.57. The molecular weight excluding hydrogens is 902 g/mol. The molecule has 1 aromatic rings. The molecule has 2 unspecified atom stereocenters. The number of hydrogen-bond donors (Lipinski definition) is 4. The van der Waals surface area contributed by atoms with Crippen molar-refractivity contribution >= 4 is 52.7 Å². The monoisotopic (exact) mass is 958 g/mol. The number of nitrogens with zero attached hydrogens (tertiary/aromatic N) is 1. The number of benzene rings is 1. The summed E-state index contributed by atoms with van der Waals surface area (Å²) in [6, 6.07) is 4.18. The third-order valence-corrected chi connectivity index (χ3v) is 13.0. The van der Waals surface area contributed by atoms with E-state index in [4.69, 9.17) is 36.8 Å². The zero-order valence-electron chi connectivity index (χ0n) is 35.8. The number of carbonyl (C=O) groups excluding carboxylic acids is 5. The molecule has 2 rings (SSSR count). The van der Waals surface area contributed by atoms with Crippen molar-refractivity contribution in [2.24, 2.45) is 16.7 Å². The highest BCUT2D eigenvalue weighted by atomic mass is 31.2. The van der Waals surface area contributed by atoms with Crippen LogP contribution in [0.5, 0.6) is 5.75 Å². The Morgan fingerprint density at radius 1 is 0.919 bits per heavy atom. The van der Waals surface area contributed by atoms with Crippen LogP contribution in [0.3, 0.4) is 0 Å². The number of likely N-dealkylation sites (N-methyl/N-ethyl adjacent to an activating group) is 1. The van der Waals surface area contributed by atoms with Crippen molar-refractivity contribution in [1.82, 2.24) is 10.2 Å². The van der Waals surface area contributed by atoms with Crippen LogP contribution in [-0.2, 0) is 71.8 Å². The molecule has 1 aliphatic rings. The molecule has 0 radical (unpaired) electrons. The first-order valence-corrected chi connectivity index (χ1v) is 23.6. The number of phosphoric acid groups is 1. The molecule has 1 fully saturated rings. The van der Waals surface area contributed by atoms with Crippen LogP contribution >= 0.6 is 23.0 Å². The molecule has 1 aliphatic heterocycles. The van der Waals surface area contributed by atoms with Crippen molar-refractivity contribution in [3.8, 4) is 5.75 Å². The minimum Gasteiger partial charge on any atom is -0.452 e. The number of aliphatic hydroxyl groups excluding tert-OH is 1. The van der Waals surface area contributed by atoms with Gasteiger partial charge in [0.05, 0.1) is 43.9 Å². The highest BCUT2D eigenvalue weighted by Crippen LogP contribution is 2.59. The maximum absolute atomic E-state index is 12.8. The number of rotatable bonds is 19. The molecule has 356 valence electrons. The Kier molecular flexibility index (Phi) is 21.9. The van der Waals surface area contributed by atoms with Gasteiger partial charge in [-0.2, -0.15) is 13.2 Å². The van der Waals surface area contributed by atoms with Crippen LogP contribution in [0, 0.1) is 16.7 Å². The molecule has 1 heterocycles. The van der Waals surface area contributed by atoms with Crippen LogP contribution in [-0.4, -0.2) is 122 Å². The van der Waals surface area contributed by atoms with E-state index in [0.717, 1.165) is 0 Å². The van der Waals surface area contributed by atoms with Crippen LogP contribution in [0.1, 0.15) is 77.2 Å². The van der Waals surface area contributed by atoms with Crippen molar-refractivity contribution in [3.05, 3.63) is 29.3 Å². The van der Waals surface area contributed by atoms with Gasteiger partial charge < -0.3 is 52.9 Å². The summed E-state index contributed by atoms with van der Waals surface area (Å²) in [5, 5.41) is 10.7. The average Bonchev–Trinajstić information content (AvgIpc) is 3.13. The van der Waals surface area contributed by atoms with Crippen LogP contribution in [0.25, 0.3) is 0 Å². The molecule has 62 heavy (non-hydrogen) atoms. The fourth-order valence-electron chi connectivity index (χ4n) is 4.00. The minimum absolute atomic E-state index is 0.0789. The number of amides is 2. The molecule has 0 saturated carbocycles. The molecule has 0 aliphatic carbocycles. The lowest BCUT2D eigenvalue weighted by atomic mass is 9.96. The summed E-state index contributed by atoms with van der Waals surface area (Å²) in [4.78, 5) is 79.0. The third-order valence-electron chi connectivity index (χ3n) is 7.56. The van der Waals surface area contributed by atoms with Crippen LogP contribution in [0.4, 0.5) is 13.2 Å². The predicted octanol–water partition coefficient (Wildman–Crippen LogP) is 4.91. The smallest absolute Gasteiger partial charge is 0.452 e. The quantitative estimate of drug-likeness (QED) is 0.0620. The molecule has 0 aromatic heterocycles. The van der Waals surface area contributed by atoms with Crippen molar-refractivity contribution in [2.45, 2.75) is 80.4 Å². The highest BCUT2D eigenvalue weighted by Gasteiger charge is 2.40. The minimum atomic E-state index is -5.16. The van der Waals surface area contributed by atoms with Crippen LogP contribution in [0.2, 0.25) is 0 Å². The molecule has 2 amide bonds. The molecule has 4 N–H and O–H groups in total. The standard InChI is InChI=1S/C20H36F3NO11P2.C15H20NO8P/c1-13(14(34-16(26)18(2,3)4)35-17(27)19(5,6)7)8-10-32-37(31,12-36(28,29)30)33-11-9-24-15(25)20(21,22)23;1-16(2)14(18)10-21-15(19)12-8-11(9-17)4-5-13(12)24-25(20)22-6-3-7-23-25/h13-14H,8-12H2,1-7H3,(H,24,25)(H2,28,29,30);4-5,8,17H,3,6-7,9-10H2,1-2H3. The first-order valence-electron chi connectivity index (χ1n) is 18.6. The van der Waals surface area contributed by atoms with Gasteiger partial charge in [-0.25, -0.2) is 9.36 Å². The Hall–Kier alpha value is -3.43.